The Hall–Kier alpha value is -1.85. The molecule has 0 aliphatic rings. The fourth-order valence-electron chi connectivity index (χ4n) is 1.18. The van der Waals surface area contributed by atoms with Crippen LogP contribution in [0, 0.1) is 6.92 Å². The van der Waals surface area contributed by atoms with Gasteiger partial charge in [0.2, 0.25) is 7.98 Å². The van der Waals surface area contributed by atoms with Crippen molar-refractivity contribution in [1.29, 1.82) is 0 Å². The lowest BCUT2D eigenvalue weighted by Crippen LogP contribution is -2.31. The molecule has 2 rings (SSSR count). The number of aryl methyl sites for hydroxylation is 1. The molecule has 0 spiro atoms. The summed E-state index contributed by atoms with van der Waals surface area (Å²) in [5.74, 6) is -0.673. The molecular weight excluding hydrogens is 183 g/mol. The first kappa shape index (κ1) is 8.74. The summed E-state index contributed by atoms with van der Waals surface area (Å²) in [5, 5.41) is 0. The van der Waals surface area contributed by atoms with Gasteiger partial charge in [-0.25, -0.2) is 9.78 Å². The van der Waals surface area contributed by atoms with Gasteiger partial charge in [0.15, 0.2) is 11.1 Å². The van der Waals surface area contributed by atoms with Crippen LogP contribution in [0.2, 0.25) is 0 Å². The van der Waals surface area contributed by atoms with E-state index in [0.717, 1.165) is 4.48 Å². The molecule has 0 saturated carbocycles. The standard InChI is InChI=1S/C8H7BN2O3/c1-4-2-3-5-6(10-4)7(12)11(9)8(13)14-5/h2-3H,9H2,1H3. The maximum absolute atomic E-state index is 11.5. The largest absolute Gasteiger partial charge is 0.409 e. The van der Waals surface area contributed by atoms with Crippen LogP contribution in [0.4, 0.5) is 0 Å². The summed E-state index contributed by atoms with van der Waals surface area (Å²) >= 11 is 0. The Kier molecular flexibility index (Phi) is 1.77. The number of hydrogen-bond donors (Lipinski definition) is 0. The van der Waals surface area contributed by atoms with Crippen molar-refractivity contribution >= 4 is 19.1 Å². The highest BCUT2D eigenvalue weighted by molar-refractivity contribution is 6.06. The highest BCUT2D eigenvalue weighted by atomic mass is 16.4. The predicted molar refractivity (Wildman–Crippen MR) is 53.2 cm³/mol. The van der Waals surface area contributed by atoms with Crippen molar-refractivity contribution < 1.29 is 4.42 Å². The fraction of sp³-hybridized carbons (Fsp3) is 0.125. The van der Waals surface area contributed by atoms with Crippen molar-refractivity contribution in [2.75, 3.05) is 0 Å². The molecule has 2 heterocycles. The molecule has 0 radical (unpaired) electrons. The lowest BCUT2D eigenvalue weighted by Gasteiger charge is -1.98. The molecule has 0 atom stereocenters. The van der Waals surface area contributed by atoms with Crippen LogP contribution in [-0.4, -0.2) is 17.4 Å². The monoisotopic (exact) mass is 190 g/mol. The summed E-state index contributed by atoms with van der Waals surface area (Å²) < 4.78 is 5.77. The van der Waals surface area contributed by atoms with Gasteiger partial charge in [-0.2, -0.15) is 0 Å². The first-order valence-corrected chi connectivity index (χ1v) is 4.07. The molecule has 0 bridgehead atoms. The molecule has 0 amide bonds. The summed E-state index contributed by atoms with van der Waals surface area (Å²) in [6, 6.07) is 3.26. The highest BCUT2D eigenvalue weighted by Gasteiger charge is 2.06. The van der Waals surface area contributed by atoms with Gasteiger partial charge in [0.05, 0.1) is 0 Å². The Balaban J connectivity index is 3.07. The topological polar surface area (TPSA) is 65.1 Å². The number of nitrogens with zero attached hydrogens (tertiary/aromatic N) is 2. The first-order chi connectivity index (χ1) is 6.59. The van der Waals surface area contributed by atoms with E-state index in [9.17, 15) is 9.59 Å². The molecule has 2 aromatic rings. The van der Waals surface area contributed by atoms with Crippen LogP contribution < -0.4 is 11.3 Å². The highest BCUT2D eigenvalue weighted by Crippen LogP contribution is 2.04. The third kappa shape index (κ3) is 1.15. The number of fused-ring (bicyclic) bond motifs is 1. The van der Waals surface area contributed by atoms with Gasteiger partial charge >= 0.3 is 5.76 Å². The zero-order chi connectivity index (χ0) is 10.3. The van der Waals surface area contributed by atoms with Crippen molar-refractivity contribution in [3.63, 3.8) is 0 Å². The second kappa shape index (κ2) is 2.83. The smallest absolute Gasteiger partial charge is 0.408 e. The van der Waals surface area contributed by atoms with E-state index in [1.807, 2.05) is 0 Å². The second-order valence-corrected chi connectivity index (χ2v) is 3.03. The lowest BCUT2D eigenvalue weighted by atomic mass is 10.3. The Morgan fingerprint density at radius 2 is 2.14 bits per heavy atom. The van der Waals surface area contributed by atoms with Crippen LogP contribution in [0.5, 0.6) is 0 Å². The molecule has 0 fully saturated rings. The number of pyridine rings is 1. The molecule has 0 aromatic carbocycles. The Morgan fingerprint density at radius 3 is 2.86 bits per heavy atom. The molecule has 6 heteroatoms. The number of aromatic nitrogens is 2. The Bertz CT molecular complexity index is 614. The average molecular weight is 190 g/mol. The van der Waals surface area contributed by atoms with Gasteiger partial charge < -0.3 is 4.42 Å². The summed E-state index contributed by atoms with van der Waals surface area (Å²) in [7, 11) is 1.36. The van der Waals surface area contributed by atoms with Crippen LogP contribution in [0.15, 0.2) is 26.1 Å². The Morgan fingerprint density at radius 1 is 1.43 bits per heavy atom. The van der Waals surface area contributed by atoms with Gasteiger partial charge in [0.25, 0.3) is 5.56 Å². The average Bonchev–Trinajstić information content (AvgIpc) is 2.16. The van der Waals surface area contributed by atoms with E-state index in [0.29, 0.717) is 5.69 Å². The summed E-state index contributed by atoms with van der Waals surface area (Å²) in [6.45, 7) is 1.77. The summed E-state index contributed by atoms with van der Waals surface area (Å²) in [6.07, 6.45) is 0. The fourth-order valence-corrected chi connectivity index (χ4v) is 1.18. The predicted octanol–water partition coefficient (Wildman–Crippen LogP) is -0.946. The van der Waals surface area contributed by atoms with Gasteiger partial charge in [0, 0.05) is 5.69 Å². The van der Waals surface area contributed by atoms with Crippen molar-refractivity contribution in [2.45, 2.75) is 6.92 Å². The first-order valence-electron chi connectivity index (χ1n) is 4.07. The van der Waals surface area contributed by atoms with Crippen LogP contribution in [0.3, 0.4) is 0 Å². The molecule has 0 aliphatic heterocycles. The van der Waals surface area contributed by atoms with Crippen molar-refractivity contribution in [3.05, 3.63) is 38.7 Å². The summed E-state index contributed by atoms with van der Waals surface area (Å²) in [5.41, 5.74) is 0.694. The van der Waals surface area contributed by atoms with Gasteiger partial charge in [0.1, 0.15) is 0 Å². The van der Waals surface area contributed by atoms with E-state index in [4.69, 9.17) is 4.42 Å². The van der Waals surface area contributed by atoms with E-state index in [1.165, 1.54) is 7.98 Å². The van der Waals surface area contributed by atoms with E-state index >= 15 is 0 Å². The molecule has 0 unspecified atom stereocenters. The van der Waals surface area contributed by atoms with Crippen molar-refractivity contribution in [1.82, 2.24) is 9.46 Å². The maximum Gasteiger partial charge on any atom is 0.409 e. The molecule has 2 aromatic heterocycles. The zero-order valence-corrected chi connectivity index (χ0v) is 7.77. The van der Waals surface area contributed by atoms with Crippen molar-refractivity contribution in [2.24, 2.45) is 0 Å². The Labute approximate surface area is 79.4 Å². The van der Waals surface area contributed by atoms with E-state index < -0.39 is 11.3 Å². The van der Waals surface area contributed by atoms with Gasteiger partial charge in [-0.15, -0.1) is 0 Å². The van der Waals surface area contributed by atoms with Gasteiger partial charge in [-0.05, 0) is 19.1 Å². The van der Waals surface area contributed by atoms with E-state index in [-0.39, 0.29) is 11.1 Å². The molecule has 14 heavy (non-hydrogen) atoms. The van der Waals surface area contributed by atoms with Crippen LogP contribution in [0.25, 0.3) is 11.1 Å². The third-order valence-electron chi connectivity index (χ3n) is 1.98. The quantitative estimate of drug-likeness (QED) is 0.502. The minimum Gasteiger partial charge on any atom is -0.408 e. The second-order valence-electron chi connectivity index (χ2n) is 3.03. The van der Waals surface area contributed by atoms with Crippen LogP contribution >= 0.6 is 0 Å². The summed E-state index contributed by atoms with van der Waals surface area (Å²) in [4.78, 5) is 26.7. The van der Waals surface area contributed by atoms with Crippen LogP contribution in [0.1, 0.15) is 5.69 Å². The molecule has 0 N–H and O–H groups in total. The molecule has 5 nitrogen and oxygen atoms in total. The minimum atomic E-state index is -0.673. The SMILES string of the molecule is Bn1c(=O)oc2ccc(C)nc2c1=O. The van der Waals surface area contributed by atoms with E-state index in [1.54, 1.807) is 19.1 Å². The maximum atomic E-state index is 11.5. The molecular formula is C8H7BN2O3. The number of rotatable bonds is 0. The molecule has 0 aliphatic carbocycles. The normalized spacial score (nSPS) is 10.6. The van der Waals surface area contributed by atoms with Gasteiger partial charge in [-0.3, -0.25) is 9.27 Å². The number of hydrogen-bond acceptors (Lipinski definition) is 4. The zero-order valence-electron chi connectivity index (χ0n) is 7.77. The lowest BCUT2D eigenvalue weighted by molar-refractivity contribution is 0.515. The van der Waals surface area contributed by atoms with Crippen molar-refractivity contribution in [3.8, 4) is 0 Å². The third-order valence-corrected chi connectivity index (χ3v) is 1.98. The van der Waals surface area contributed by atoms with E-state index in [2.05, 4.69) is 4.98 Å². The molecule has 0 saturated heterocycles. The molecule has 70 valence electrons. The van der Waals surface area contributed by atoms with Crippen LogP contribution in [-0.2, 0) is 0 Å². The van der Waals surface area contributed by atoms with Gasteiger partial charge in [-0.1, -0.05) is 0 Å². The minimum absolute atomic E-state index is 0.187.